The minimum atomic E-state index is -0.656. The highest BCUT2D eigenvalue weighted by Gasteiger charge is 2.36. The minimum absolute atomic E-state index is 0.0659. The Kier molecular flexibility index (Phi) is 2.04. The SMILES string of the molecule is COC1(C)C=CCc2c1c(O)n(C)c2O. The fraction of sp³-hybridized carbons (Fsp3) is 0.455. The number of aromatic hydroxyl groups is 2. The maximum absolute atomic E-state index is 9.92. The van der Waals surface area contributed by atoms with Gasteiger partial charge in [0.1, 0.15) is 5.60 Å². The summed E-state index contributed by atoms with van der Waals surface area (Å²) in [7, 11) is 3.21. The van der Waals surface area contributed by atoms with Gasteiger partial charge < -0.3 is 14.9 Å². The Bertz CT molecular complexity index is 434. The number of nitrogens with zero attached hydrogens (tertiary/aromatic N) is 1. The van der Waals surface area contributed by atoms with Gasteiger partial charge in [-0.25, -0.2) is 0 Å². The van der Waals surface area contributed by atoms with Crippen molar-refractivity contribution >= 4 is 0 Å². The molecule has 0 saturated carbocycles. The van der Waals surface area contributed by atoms with E-state index in [1.165, 1.54) is 4.57 Å². The third-order valence-electron chi connectivity index (χ3n) is 3.11. The molecule has 0 fully saturated rings. The molecule has 0 radical (unpaired) electrons. The molecule has 4 nitrogen and oxygen atoms in total. The number of aromatic nitrogens is 1. The number of hydrogen-bond acceptors (Lipinski definition) is 3. The normalized spacial score (nSPS) is 24.2. The number of methoxy groups -OCH3 is 1. The van der Waals surface area contributed by atoms with Crippen LogP contribution < -0.4 is 0 Å². The second kappa shape index (κ2) is 3.03. The highest BCUT2D eigenvalue weighted by atomic mass is 16.5. The Morgan fingerprint density at radius 3 is 2.67 bits per heavy atom. The van der Waals surface area contributed by atoms with Gasteiger partial charge in [0.25, 0.3) is 0 Å². The molecular weight excluding hydrogens is 194 g/mol. The fourth-order valence-electron chi connectivity index (χ4n) is 2.09. The molecule has 0 saturated heterocycles. The van der Waals surface area contributed by atoms with Crippen molar-refractivity contribution in [2.24, 2.45) is 7.05 Å². The van der Waals surface area contributed by atoms with Crippen LogP contribution in [0.25, 0.3) is 0 Å². The highest BCUT2D eigenvalue weighted by Crippen LogP contribution is 2.44. The molecule has 4 heteroatoms. The van der Waals surface area contributed by atoms with Crippen molar-refractivity contribution in [1.82, 2.24) is 4.57 Å². The van der Waals surface area contributed by atoms with Crippen molar-refractivity contribution in [3.63, 3.8) is 0 Å². The first-order valence-electron chi connectivity index (χ1n) is 4.84. The summed E-state index contributed by atoms with van der Waals surface area (Å²) in [5.41, 5.74) is 0.741. The van der Waals surface area contributed by atoms with Crippen molar-refractivity contribution < 1.29 is 14.9 Å². The number of ether oxygens (including phenoxy) is 1. The van der Waals surface area contributed by atoms with Gasteiger partial charge in [0.2, 0.25) is 5.88 Å². The molecular formula is C11H15NO3. The minimum Gasteiger partial charge on any atom is -0.494 e. The van der Waals surface area contributed by atoms with E-state index in [9.17, 15) is 10.2 Å². The van der Waals surface area contributed by atoms with E-state index in [-0.39, 0.29) is 11.8 Å². The van der Waals surface area contributed by atoms with Crippen molar-refractivity contribution in [1.29, 1.82) is 0 Å². The number of fused-ring (bicyclic) bond motifs is 1. The van der Waals surface area contributed by atoms with Crippen LogP contribution in [0.1, 0.15) is 18.1 Å². The number of hydrogen-bond donors (Lipinski definition) is 2. The molecule has 82 valence electrons. The summed E-state index contributed by atoms with van der Waals surface area (Å²) in [6.07, 6.45) is 4.45. The zero-order chi connectivity index (χ0) is 11.2. The Morgan fingerprint density at radius 1 is 1.40 bits per heavy atom. The summed E-state index contributed by atoms with van der Waals surface area (Å²) in [6.45, 7) is 1.86. The highest BCUT2D eigenvalue weighted by molar-refractivity contribution is 5.53. The molecule has 1 aliphatic carbocycles. The topological polar surface area (TPSA) is 54.6 Å². The van der Waals surface area contributed by atoms with Gasteiger partial charge in [-0.3, -0.25) is 4.57 Å². The van der Waals surface area contributed by atoms with Gasteiger partial charge in [0.15, 0.2) is 5.88 Å². The van der Waals surface area contributed by atoms with Gasteiger partial charge in [-0.2, -0.15) is 0 Å². The predicted molar refractivity (Wildman–Crippen MR) is 55.9 cm³/mol. The summed E-state index contributed by atoms with van der Waals surface area (Å²) in [5.74, 6) is 0.173. The van der Waals surface area contributed by atoms with Crippen LogP contribution in [-0.2, 0) is 23.8 Å². The fourth-order valence-corrected chi connectivity index (χ4v) is 2.09. The van der Waals surface area contributed by atoms with Crippen LogP contribution in [0.3, 0.4) is 0 Å². The van der Waals surface area contributed by atoms with Crippen LogP contribution in [0.5, 0.6) is 11.8 Å². The van der Waals surface area contributed by atoms with E-state index in [4.69, 9.17) is 4.74 Å². The van der Waals surface area contributed by atoms with Crippen LogP contribution in [0.4, 0.5) is 0 Å². The van der Waals surface area contributed by atoms with E-state index in [1.54, 1.807) is 14.2 Å². The van der Waals surface area contributed by atoms with Gasteiger partial charge in [-0.15, -0.1) is 0 Å². The summed E-state index contributed by atoms with van der Waals surface area (Å²) in [4.78, 5) is 0. The maximum atomic E-state index is 9.92. The van der Waals surface area contributed by atoms with Crippen molar-refractivity contribution in [3.05, 3.63) is 23.3 Å². The van der Waals surface area contributed by atoms with Crippen molar-refractivity contribution in [3.8, 4) is 11.8 Å². The lowest BCUT2D eigenvalue weighted by molar-refractivity contribution is 0.0417. The summed E-state index contributed by atoms with van der Waals surface area (Å²) in [5, 5.41) is 19.7. The largest absolute Gasteiger partial charge is 0.494 e. The second-order valence-electron chi connectivity index (χ2n) is 3.98. The Labute approximate surface area is 88.4 Å². The molecule has 1 aromatic rings. The Balaban J connectivity index is 2.71. The monoisotopic (exact) mass is 209 g/mol. The van der Waals surface area contributed by atoms with Gasteiger partial charge in [0.05, 0.1) is 5.56 Å². The Morgan fingerprint density at radius 2 is 2.07 bits per heavy atom. The molecule has 2 rings (SSSR count). The summed E-state index contributed by atoms with van der Waals surface area (Å²) in [6, 6.07) is 0. The first-order chi connectivity index (χ1) is 7.01. The summed E-state index contributed by atoms with van der Waals surface area (Å²) < 4.78 is 6.75. The quantitative estimate of drug-likeness (QED) is 0.687. The second-order valence-corrected chi connectivity index (χ2v) is 3.98. The molecule has 0 bridgehead atoms. The van der Waals surface area contributed by atoms with Gasteiger partial charge in [0, 0.05) is 19.7 Å². The number of rotatable bonds is 1. The molecule has 1 aliphatic rings. The zero-order valence-corrected chi connectivity index (χ0v) is 9.11. The first kappa shape index (κ1) is 10.1. The molecule has 1 heterocycles. The lowest BCUT2D eigenvalue weighted by Crippen LogP contribution is -2.24. The molecule has 0 amide bonds. The maximum Gasteiger partial charge on any atom is 0.200 e. The molecule has 0 spiro atoms. The van der Waals surface area contributed by atoms with Crippen LogP contribution in [0.2, 0.25) is 0 Å². The van der Waals surface area contributed by atoms with Crippen molar-refractivity contribution in [2.75, 3.05) is 7.11 Å². The average Bonchev–Trinajstić information content (AvgIpc) is 2.45. The van der Waals surface area contributed by atoms with Crippen molar-refractivity contribution in [2.45, 2.75) is 18.9 Å². The third kappa shape index (κ3) is 1.18. The molecule has 0 aromatic carbocycles. The van der Waals surface area contributed by atoms with E-state index in [0.717, 1.165) is 5.56 Å². The lowest BCUT2D eigenvalue weighted by Gasteiger charge is -2.27. The van der Waals surface area contributed by atoms with Crippen LogP contribution in [0.15, 0.2) is 12.2 Å². The first-order valence-corrected chi connectivity index (χ1v) is 4.84. The smallest absolute Gasteiger partial charge is 0.200 e. The van der Waals surface area contributed by atoms with Crippen LogP contribution >= 0.6 is 0 Å². The molecule has 15 heavy (non-hydrogen) atoms. The average molecular weight is 209 g/mol. The molecule has 2 N–H and O–H groups in total. The van der Waals surface area contributed by atoms with E-state index in [2.05, 4.69) is 0 Å². The van der Waals surface area contributed by atoms with Crippen LogP contribution in [0, 0.1) is 0 Å². The van der Waals surface area contributed by atoms with Gasteiger partial charge in [-0.1, -0.05) is 12.2 Å². The van der Waals surface area contributed by atoms with Gasteiger partial charge >= 0.3 is 0 Å². The molecule has 1 aromatic heterocycles. The van der Waals surface area contributed by atoms with E-state index in [1.807, 2.05) is 19.1 Å². The third-order valence-corrected chi connectivity index (χ3v) is 3.11. The van der Waals surface area contributed by atoms with E-state index in [0.29, 0.717) is 12.0 Å². The molecule has 1 atom stereocenters. The number of allylic oxidation sites excluding steroid dienone is 1. The standard InChI is InChI=1S/C11H15NO3/c1-11(15-3)6-4-5-7-8(11)10(14)12(2)9(7)13/h4,6,13-14H,5H2,1-3H3. The van der Waals surface area contributed by atoms with E-state index < -0.39 is 5.60 Å². The lowest BCUT2D eigenvalue weighted by atomic mass is 9.88. The zero-order valence-electron chi connectivity index (χ0n) is 9.11. The Hall–Kier alpha value is -1.42. The predicted octanol–water partition coefficient (Wildman–Crippen LogP) is 1.41. The van der Waals surface area contributed by atoms with E-state index >= 15 is 0 Å². The van der Waals surface area contributed by atoms with Crippen LogP contribution in [-0.4, -0.2) is 21.9 Å². The molecule has 0 aliphatic heterocycles. The van der Waals surface area contributed by atoms with Gasteiger partial charge in [-0.05, 0) is 13.3 Å². The summed E-state index contributed by atoms with van der Waals surface area (Å²) >= 11 is 0. The molecule has 1 unspecified atom stereocenters.